The molecule has 0 radical (unpaired) electrons. The van der Waals surface area contributed by atoms with E-state index in [2.05, 4.69) is 15.7 Å². The standard InChI is InChI=1S/C36H47N5O10/c1-34(2,3)48-31(44)28(51-41-29(42)25-12-10-11-13-26(25)30(41)43)21-47-24-14-15-27-23(16-24)20-40(39-27)19-22(17-37-32(45)49-35(4,5)6)18-38-33(46)50-36(7,8)9/h10-16,20,22,28H,17-19,21H2,1-9H3,(H,37,45)(H,38,46)/t28-/m0/s1. The van der Waals surface area contributed by atoms with E-state index < -0.39 is 52.9 Å². The highest BCUT2D eigenvalue weighted by molar-refractivity contribution is 6.20. The van der Waals surface area contributed by atoms with Crippen molar-refractivity contribution in [1.82, 2.24) is 25.5 Å². The predicted octanol–water partition coefficient (Wildman–Crippen LogP) is 5.02. The minimum Gasteiger partial charge on any atom is -0.490 e. The number of ether oxygens (including phenoxy) is 4. The van der Waals surface area contributed by atoms with Crippen LogP contribution < -0.4 is 15.4 Å². The van der Waals surface area contributed by atoms with E-state index in [0.29, 0.717) is 28.3 Å². The van der Waals surface area contributed by atoms with Crippen LogP contribution in [0.4, 0.5) is 9.59 Å². The van der Waals surface area contributed by atoms with Gasteiger partial charge in [0.1, 0.15) is 29.2 Å². The van der Waals surface area contributed by atoms with E-state index >= 15 is 0 Å². The Balaban J connectivity index is 1.46. The van der Waals surface area contributed by atoms with E-state index in [1.54, 1.807) is 104 Å². The molecule has 2 heterocycles. The monoisotopic (exact) mass is 709 g/mol. The van der Waals surface area contributed by atoms with Crippen molar-refractivity contribution in [3.05, 3.63) is 59.8 Å². The van der Waals surface area contributed by atoms with Crippen LogP contribution in [0.3, 0.4) is 0 Å². The minimum atomic E-state index is -1.46. The van der Waals surface area contributed by atoms with Gasteiger partial charge in [0.15, 0.2) is 0 Å². The number of hydrogen-bond donors (Lipinski definition) is 2. The van der Waals surface area contributed by atoms with Crippen LogP contribution in [0.5, 0.6) is 5.75 Å². The Morgan fingerprint density at radius 3 is 1.80 bits per heavy atom. The third-order valence-corrected chi connectivity index (χ3v) is 6.90. The number of hydroxylamine groups is 2. The number of carbonyl (C=O) groups excluding carboxylic acids is 5. The molecule has 0 aliphatic carbocycles. The smallest absolute Gasteiger partial charge is 0.407 e. The quantitative estimate of drug-likeness (QED) is 0.147. The van der Waals surface area contributed by atoms with Crippen molar-refractivity contribution in [2.75, 3.05) is 19.7 Å². The maximum Gasteiger partial charge on any atom is 0.407 e. The summed E-state index contributed by atoms with van der Waals surface area (Å²) in [4.78, 5) is 69.4. The van der Waals surface area contributed by atoms with Gasteiger partial charge in [0, 0.05) is 37.1 Å². The van der Waals surface area contributed by atoms with Crippen molar-refractivity contribution in [2.45, 2.75) is 91.8 Å². The zero-order chi connectivity index (χ0) is 37.7. The average molecular weight is 710 g/mol. The van der Waals surface area contributed by atoms with Crippen molar-refractivity contribution < 1.29 is 47.8 Å². The summed E-state index contributed by atoms with van der Waals surface area (Å²) >= 11 is 0. The Morgan fingerprint density at radius 2 is 1.29 bits per heavy atom. The van der Waals surface area contributed by atoms with E-state index in [1.165, 1.54) is 12.1 Å². The molecule has 4 amide bonds. The molecule has 2 N–H and O–H groups in total. The van der Waals surface area contributed by atoms with Crippen LogP contribution in [-0.2, 0) is 30.4 Å². The molecule has 0 spiro atoms. The fourth-order valence-electron chi connectivity index (χ4n) is 4.86. The molecule has 1 aliphatic rings. The van der Waals surface area contributed by atoms with Crippen LogP contribution in [0, 0.1) is 5.92 Å². The highest BCUT2D eigenvalue weighted by atomic mass is 16.7. The number of nitrogens with zero attached hydrogens (tertiary/aromatic N) is 3. The van der Waals surface area contributed by atoms with Gasteiger partial charge in [-0.25, -0.2) is 19.2 Å². The summed E-state index contributed by atoms with van der Waals surface area (Å²) in [6, 6.07) is 11.3. The Hall–Kier alpha value is -5.18. The summed E-state index contributed by atoms with van der Waals surface area (Å²) in [6.45, 7) is 15.9. The number of rotatable bonds is 12. The van der Waals surface area contributed by atoms with Gasteiger partial charge in [-0.3, -0.25) is 14.3 Å². The van der Waals surface area contributed by atoms with Crippen LogP contribution in [-0.4, -0.2) is 87.4 Å². The van der Waals surface area contributed by atoms with Gasteiger partial charge in [0.2, 0.25) is 6.10 Å². The fraction of sp³-hybridized carbons (Fsp3) is 0.500. The largest absolute Gasteiger partial charge is 0.490 e. The lowest BCUT2D eigenvalue weighted by Crippen LogP contribution is -2.43. The highest BCUT2D eigenvalue weighted by Gasteiger charge is 2.40. The molecule has 51 heavy (non-hydrogen) atoms. The highest BCUT2D eigenvalue weighted by Crippen LogP contribution is 2.25. The zero-order valence-corrected chi connectivity index (χ0v) is 30.5. The molecule has 0 saturated heterocycles. The Morgan fingerprint density at radius 1 is 0.765 bits per heavy atom. The summed E-state index contributed by atoms with van der Waals surface area (Å²) in [5.74, 6) is -2.16. The second kappa shape index (κ2) is 15.4. The number of hydrogen-bond acceptors (Lipinski definition) is 11. The Kier molecular flexibility index (Phi) is 11.6. The van der Waals surface area contributed by atoms with Gasteiger partial charge in [-0.2, -0.15) is 5.10 Å². The first-order chi connectivity index (χ1) is 23.7. The summed E-state index contributed by atoms with van der Waals surface area (Å²) in [7, 11) is 0. The third kappa shape index (κ3) is 11.4. The van der Waals surface area contributed by atoms with Gasteiger partial charge < -0.3 is 29.6 Å². The average Bonchev–Trinajstić information content (AvgIpc) is 3.51. The van der Waals surface area contributed by atoms with E-state index in [-0.39, 0.29) is 36.7 Å². The molecule has 0 bridgehead atoms. The predicted molar refractivity (Wildman–Crippen MR) is 185 cm³/mol. The van der Waals surface area contributed by atoms with Crippen molar-refractivity contribution in [3.8, 4) is 5.75 Å². The van der Waals surface area contributed by atoms with Crippen molar-refractivity contribution >= 4 is 40.9 Å². The van der Waals surface area contributed by atoms with Crippen molar-refractivity contribution in [3.63, 3.8) is 0 Å². The van der Waals surface area contributed by atoms with Crippen LogP contribution in [0.1, 0.15) is 83.0 Å². The molecule has 0 unspecified atom stereocenters. The molecule has 0 fully saturated rings. The van der Waals surface area contributed by atoms with Gasteiger partial charge in [0.05, 0.1) is 16.6 Å². The second-order valence-corrected chi connectivity index (χ2v) is 15.1. The molecule has 4 rings (SSSR count). The Bertz CT molecular complexity index is 1700. The molecule has 15 heteroatoms. The molecular formula is C36H47N5O10. The lowest BCUT2D eigenvalue weighted by molar-refractivity contribution is -0.193. The van der Waals surface area contributed by atoms with Crippen LogP contribution >= 0.6 is 0 Å². The van der Waals surface area contributed by atoms with Crippen LogP contribution in [0.2, 0.25) is 0 Å². The molecule has 1 aromatic heterocycles. The number of amides is 4. The molecule has 0 saturated carbocycles. The first kappa shape index (κ1) is 38.6. The molecule has 1 aliphatic heterocycles. The fourth-order valence-corrected chi connectivity index (χ4v) is 4.86. The number of aromatic nitrogens is 2. The Labute approximate surface area is 296 Å². The second-order valence-electron chi connectivity index (χ2n) is 15.1. The molecule has 15 nitrogen and oxygen atoms in total. The number of esters is 1. The van der Waals surface area contributed by atoms with Gasteiger partial charge in [-0.1, -0.05) is 12.1 Å². The van der Waals surface area contributed by atoms with Crippen LogP contribution in [0.25, 0.3) is 10.9 Å². The van der Waals surface area contributed by atoms with E-state index in [4.69, 9.17) is 23.8 Å². The summed E-state index contributed by atoms with van der Waals surface area (Å²) in [5.41, 5.74) is -1.28. The summed E-state index contributed by atoms with van der Waals surface area (Å²) in [6.07, 6.45) is -0.861. The lowest BCUT2D eigenvalue weighted by atomic mass is 10.1. The zero-order valence-electron chi connectivity index (χ0n) is 30.5. The third-order valence-electron chi connectivity index (χ3n) is 6.90. The number of carbonyl (C=O) groups is 5. The SMILES string of the molecule is CC(C)(C)OC(=O)NCC(CNC(=O)OC(C)(C)C)Cn1cc2cc(OC[C@H](ON3C(=O)c4ccccc4C3=O)C(=O)OC(C)(C)C)ccc2n1. The van der Waals surface area contributed by atoms with Crippen molar-refractivity contribution in [1.29, 1.82) is 0 Å². The maximum atomic E-state index is 13.1. The van der Waals surface area contributed by atoms with Crippen molar-refractivity contribution in [2.24, 2.45) is 5.92 Å². The molecular weight excluding hydrogens is 662 g/mol. The number of nitrogens with one attached hydrogen (secondary N) is 2. The lowest BCUT2D eigenvalue weighted by Gasteiger charge is -2.26. The first-order valence-electron chi connectivity index (χ1n) is 16.6. The number of alkyl carbamates (subject to hydrolysis) is 2. The van der Waals surface area contributed by atoms with E-state index in [1.807, 2.05) is 0 Å². The topological polar surface area (TPSA) is 177 Å². The van der Waals surface area contributed by atoms with Gasteiger partial charge in [-0.05, 0) is 92.6 Å². The molecule has 276 valence electrons. The molecule has 1 atom stereocenters. The summed E-state index contributed by atoms with van der Waals surface area (Å²) in [5, 5.41) is 11.4. The number of fused-ring (bicyclic) bond motifs is 2. The van der Waals surface area contributed by atoms with E-state index in [0.717, 1.165) is 0 Å². The normalized spacial score (nSPS) is 14.0. The first-order valence-corrected chi connectivity index (χ1v) is 16.6. The number of benzene rings is 2. The molecule has 3 aromatic rings. The van der Waals surface area contributed by atoms with E-state index in [9.17, 15) is 24.0 Å². The van der Waals surface area contributed by atoms with Gasteiger partial charge in [-0.15, -0.1) is 5.06 Å². The minimum absolute atomic E-state index is 0.164. The molecule has 2 aromatic carbocycles. The maximum absolute atomic E-state index is 13.1. The van der Waals surface area contributed by atoms with Crippen LogP contribution in [0.15, 0.2) is 48.7 Å². The van der Waals surface area contributed by atoms with Gasteiger partial charge in [0.25, 0.3) is 11.8 Å². The summed E-state index contributed by atoms with van der Waals surface area (Å²) < 4.78 is 23.8. The van der Waals surface area contributed by atoms with Gasteiger partial charge >= 0.3 is 18.2 Å². The number of imide groups is 1.